The molecule has 3 N–H and O–H groups in total. The highest BCUT2D eigenvalue weighted by Crippen LogP contribution is 2.27. The van der Waals surface area contributed by atoms with Gasteiger partial charge >= 0.3 is 0 Å². The maximum Gasteiger partial charge on any atom is 0.292 e. The summed E-state index contributed by atoms with van der Waals surface area (Å²) in [4.78, 5) is 18.4. The Hall–Kier alpha value is -3.23. The van der Waals surface area contributed by atoms with Crippen LogP contribution in [0.25, 0.3) is 33.3 Å². The second-order valence-electron chi connectivity index (χ2n) is 7.77. The molecular weight excluding hydrogens is 378 g/mol. The fourth-order valence-electron chi connectivity index (χ4n) is 3.81. The first kappa shape index (κ1) is 18.8. The monoisotopic (exact) mass is 403 g/mol. The highest BCUT2D eigenvalue weighted by atomic mass is 16.4. The van der Waals surface area contributed by atoms with Crippen molar-refractivity contribution in [2.45, 2.75) is 0 Å². The molecule has 1 aliphatic rings. The van der Waals surface area contributed by atoms with E-state index in [1.807, 2.05) is 30.3 Å². The fourth-order valence-corrected chi connectivity index (χ4v) is 3.81. The molecule has 8 heteroatoms. The topological polar surface area (TPSA) is 96.3 Å². The molecule has 0 amide bonds. The van der Waals surface area contributed by atoms with Crippen molar-refractivity contribution >= 4 is 34.0 Å². The lowest BCUT2D eigenvalue weighted by molar-refractivity contribution is 0.158. The Morgan fingerprint density at radius 2 is 1.73 bits per heavy atom. The van der Waals surface area contributed by atoms with Gasteiger partial charge in [-0.2, -0.15) is 4.98 Å². The fraction of sp³-hybridized carbons (Fsp3) is 0.318. The lowest BCUT2D eigenvalue weighted by Crippen LogP contribution is -2.45. The van der Waals surface area contributed by atoms with Crippen molar-refractivity contribution in [1.82, 2.24) is 24.8 Å². The van der Waals surface area contributed by atoms with Gasteiger partial charge in [-0.15, -0.1) is 0 Å². The quantitative estimate of drug-likeness (QED) is 0.525. The van der Waals surface area contributed by atoms with Crippen LogP contribution in [0.5, 0.6) is 0 Å². The molecule has 3 heterocycles. The van der Waals surface area contributed by atoms with E-state index in [0.29, 0.717) is 5.58 Å². The number of hydrogen-bond donors (Lipinski definition) is 2. The smallest absolute Gasteiger partial charge is 0.292 e. The van der Waals surface area contributed by atoms with Crippen LogP contribution >= 0.6 is 0 Å². The average Bonchev–Trinajstić information content (AvgIpc) is 3.14. The largest absolute Gasteiger partial charge is 0.424 e. The van der Waals surface area contributed by atoms with Crippen LogP contribution in [-0.4, -0.2) is 71.1 Å². The van der Waals surface area contributed by atoms with Crippen molar-refractivity contribution in [3.8, 4) is 11.1 Å². The van der Waals surface area contributed by atoms with Gasteiger partial charge in [0.2, 0.25) is 0 Å². The van der Waals surface area contributed by atoms with Crippen molar-refractivity contribution in [3.05, 3.63) is 42.6 Å². The normalized spacial score (nSPS) is 15.8. The van der Waals surface area contributed by atoms with Crippen LogP contribution in [0.3, 0.4) is 0 Å². The van der Waals surface area contributed by atoms with Gasteiger partial charge in [0.25, 0.3) is 6.01 Å². The molecule has 5 rings (SSSR count). The lowest BCUT2D eigenvalue weighted by Gasteiger charge is -2.32. The number of fused-ring (bicyclic) bond motifs is 2. The van der Waals surface area contributed by atoms with Crippen molar-refractivity contribution in [1.29, 1.82) is 0 Å². The highest BCUT2D eigenvalue weighted by molar-refractivity contribution is 5.86. The minimum atomic E-state index is 0.179. The third kappa shape index (κ3) is 3.92. The molecule has 1 saturated heterocycles. The number of nitrogens with zero attached hydrogens (tertiary/aromatic N) is 5. The predicted octanol–water partition coefficient (Wildman–Crippen LogP) is 2.68. The number of benzene rings is 2. The molecule has 8 nitrogen and oxygen atoms in total. The zero-order valence-electron chi connectivity index (χ0n) is 17.0. The van der Waals surface area contributed by atoms with Gasteiger partial charge in [-0.3, -0.25) is 9.88 Å². The Morgan fingerprint density at radius 1 is 0.967 bits per heavy atom. The number of aromatic nitrogens is 3. The molecule has 0 atom stereocenters. The minimum absolute atomic E-state index is 0.179. The SMILES string of the molecule is CN1CCN(CCNc2cnc3ccc(-c4ccc5oc(N)nc5c4)cc3n2)CC1. The number of nitrogen functional groups attached to an aromatic ring is 1. The summed E-state index contributed by atoms with van der Waals surface area (Å²) in [6, 6.07) is 12.1. The first-order chi connectivity index (χ1) is 14.6. The highest BCUT2D eigenvalue weighted by Gasteiger charge is 2.13. The van der Waals surface area contributed by atoms with Crippen LogP contribution in [0, 0.1) is 0 Å². The molecule has 1 aliphatic heterocycles. The van der Waals surface area contributed by atoms with Crippen molar-refractivity contribution in [2.75, 3.05) is 57.4 Å². The van der Waals surface area contributed by atoms with Crippen LogP contribution in [0.1, 0.15) is 0 Å². The number of nitrogens with two attached hydrogens (primary N) is 1. The number of rotatable bonds is 5. The number of anilines is 2. The summed E-state index contributed by atoms with van der Waals surface area (Å²) in [6.07, 6.45) is 1.80. The molecule has 1 fully saturated rings. The Morgan fingerprint density at radius 3 is 2.57 bits per heavy atom. The van der Waals surface area contributed by atoms with Crippen LogP contribution in [-0.2, 0) is 0 Å². The Bertz CT molecular complexity index is 1180. The third-order valence-corrected chi connectivity index (χ3v) is 5.61. The summed E-state index contributed by atoms with van der Waals surface area (Å²) in [5, 5.41) is 3.42. The van der Waals surface area contributed by atoms with E-state index in [1.54, 1.807) is 6.20 Å². The molecule has 0 unspecified atom stereocenters. The molecule has 30 heavy (non-hydrogen) atoms. The summed E-state index contributed by atoms with van der Waals surface area (Å²) in [7, 11) is 2.17. The number of piperazine rings is 1. The van der Waals surface area contributed by atoms with E-state index in [1.165, 1.54) is 0 Å². The van der Waals surface area contributed by atoms with Gasteiger partial charge in [-0.05, 0) is 42.4 Å². The van der Waals surface area contributed by atoms with E-state index in [0.717, 1.165) is 72.8 Å². The second kappa shape index (κ2) is 7.89. The molecule has 0 saturated carbocycles. The van der Waals surface area contributed by atoms with Gasteiger partial charge in [0.05, 0.1) is 17.2 Å². The zero-order chi connectivity index (χ0) is 20.5. The van der Waals surface area contributed by atoms with Crippen LogP contribution in [0.15, 0.2) is 47.0 Å². The maximum absolute atomic E-state index is 5.66. The molecule has 154 valence electrons. The Balaban J connectivity index is 1.32. The summed E-state index contributed by atoms with van der Waals surface area (Å²) in [6.45, 7) is 6.36. The third-order valence-electron chi connectivity index (χ3n) is 5.61. The van der Waals surface area contributed by atoms with Crippen LogP contribution < -0.4 is 11.1 Å². The van der Waals surface area contributed by atoms with Crippen LogP contribution in [0.4, 0.5) is 11.8 Å². The van der Waals surface area contributed by atoms with Gasteiger partial charge in [0, 0.05) is 39.3 Å². The first-order valence-electron chi connectivity index (χ1n) is 10.2. The van der Waals surface area contributed by atoms with E-state index in [2.05, 4.69) is 38.2 Å². The summed E-state index contributed by atoms with van der Waals surface area (Å²) in [5.41, 5.74) is 10.9. The van der Waals surface area contributed by atoms with E-state index in [9.17, 15) is 0 Å². The van der Waals surface area contributed by atoms with Gasteiger partial charge < -0.3 is 20.4 Å². The molecule has 2 aromatic carbocycles. The van der Waals surface area contributed by atoms with Gasteiger partial charge in [-0.1, -0.05) is 12.1 Å². The first-order valence-corrected chi connectivity index (χ1v) is 10.2. The Labute approximate surface area is 174 Å². The van der Waals surface area contributed by atoms with Crippen molar-refractivity contribution < 1.29 is 4.42 Å². The minimum Gasteiger partial charge on any atom is -0.424 e. The summed E-state index contributed by atoms with van der Waals surface area (Å²) >= 11 is 0. The molecule has 4 aromatic rings. The molecule has 0 bridgehead atoms. The number of nitrogens with one attached hydrogen (secondary N) is 1. The molecule has 2 aromatic heterocycles. The number of likely N-dealkylation sites (N-methyl/N-ethyl adjacent to an activating group) is 1. The van der Waals surface area contributed by atoms with Crippen LogP contribution in [0.2, 0.25) is 0 Å². The standard InChI is InChI=1S/C22H25N7O/c1-28-8-10-29(11-9-28)7-6-24-21-14-25-17-4-2-15(12-18(17)26-21)16-3-5-20-19(13-16)27-22(23)30-20/h2-5,12-14H,6-11H2,1H3,(H2,23,27)(H,24,26). The van der Waals surface area contributed by atoms with Crippen molar-refractivity contribution in [3.63, 3.8) is 0 Å². The predicted molar refractivity (Wildman–Crippen MR) is 119 cm³/mol. The van der Waals surface area contributed by atoms with Gasteiger partial charge in [0.15, 0.2) is 5.58 Å². The molecule has 0 aliphatic carbocycles. The lowest BCUT2D eigenvalue weighted by atomic mass is 10.0. The van der Waals surface area contributed by atoms with E-state index in [-0.39, 0.29) is 6.01 Å². The number of hydrogen-bond acceptors (Lipinski definition) is 8. The zero-order valence-corrected chi connectivity index (χ0v) is 17.0. The average molecular weight is 403 g/mol. The summed E-state index contributed by atoms with van der Waals surface area (Å²) in [5.74, 6) is 0.800. The Kier molecular flexibility index (Phi) is 4.94. The van der Waals surface area contributed by atoms with Gasteiger partial charge in [0.1, 0.15) is 11.3 Å². The number of oxazole rings is 1. The van der Waals surface area contributed by atoms with Crippen molar-refractivity contribution in [2.24, 2.45) is 0 Å². The molecular formula is C22H25N7O. The second-order valence-corrected chi connectivity index (χ2v) is 7.77. The summed E-state index contributed by atoms with van der Waals surface area (Å²) < 4.78 is 5.36. The molecule has 0 radical (unpaired) electrons. The van der Waals surface area contributed by atoms with E-state index >= 15 is 0 Å². The van der Waals surface area contributed by atoms with E-state index < -0.39 is 0 Å². The molecule has 0 spiro atoms. The maximum atomic E-state index is 5.66. The van der Waals surface area contributed by atoms with Gasteiger partial charge in [-0.25, -0.2) is 4.98 Å². The van der Waals surface area contributed by atoms with E-state index in [4.69, 9.17) is 15.1 Å².